The Kier molecular flexibility index (Phi) is 10.4. The molecule has 0 bridgehead atoms. The summed E-state index contributed by atoms with van der Waals surface area (Å²) in [7, 11) is 0. The summed E-state index contributed by atoms with van der Waals surface area (Å²) in [5.74, 6) is 1.94. The monoisotopic (exact) mass is 424 g/mol. The topological polar surface area (TPSA) is 40.5 Å². The second-order valence-electron chi connectivity index (χ2n) is 9.95. The van der Waals surface area contributed by atoms with Crippen LogP contribution >= 0.6 is 0 Å². The first kappa shape index (κ1) is 24.3. The van der Waals surface area contributed by atoms with Crippen molar-refractivity contribution in [3.05, 3.63) is 47.5 Å². The van der Waals surface area contributed by atoms with Gasteiger partial charge in [0.05, 0.1) is 0 Å². The Labute approximate surface area is 190 Å². The molecule has 0 unspecified atom stereocenters. The zero-order valence-corrected chi connectivity index (χ0v) is 19.7. The maximum atomic E-state index is 9.28. The van der Waals surface area contributed by atoms with Crippen LogP contribution in [0.15, 0.2) is 36.4 Å². The van der Waals surface area contributed by atoms with Crippen LogP contribution in [0, 0.1) is 11.8 Å². The first-order chi connectivity index (χ1) is 15.2. The van der Waals surface area contributed by atoms with Crippen molar-refractivity contribution < 1.29 is 10.2 Å². The number of rotatable bonds is 13. The van der Waals surface area contributed by atoms with Gasteiger partial charge in [-0.05, 0) is 97.4 Å². The lowest BCUT2D eigenvalue weighted by atomic mass is 9.75. The molecule has 2 N–H and O–H groups in total. The highest BCUT2D eigenvalue weighted by atomic mass is 16.3. The molecule has 0 radical (unpaired) electrons. The number of hydrogen-bond donors (Lipinski definition) is 2. The van der Waals surface area contributed by atoms with E-state index in [4.69, 9.17) is 0 Å². The van der Waals surface area contributed by atoms with Crippen LogP contribution in [0.4, 0.5) is 0 Å². The van der Waals surface area contributed by atoms with Gasteiger partial charge in [0.25, 0.3) is 0 Å². The van der Waals surface area contributed by atoms with Gasteiger partial charge < -0.3 is 10.2 Å². The van der Waals surface area contributed by atoms with Gasteiger partial charge in [0, 0.05) is 13.2 Å². The van der Waals surface area contributed by atoms with Crippen LogP contribution in [0.3, 0.4) is 0 Å². The lowest BCUT2D eigenvalue weighted by Gasteiger charge is -2.31. The lowest BCUT2D eigenvalue weighted by Crippen LogP contribution is -2.18. The smallest absolute Gasteiger partial charge is 0.0433 e. The van der Waals surface area contributed by atoms with Crippen LogP contribution in [-0.2, 0) is 6.42 Å². The van der Waals surface area contributed by atoms with Gasteiger partial charge >= 0.3 is 0 Å². The zero-order chi connectivity index (χ0) is 21.9. The van der Waals surface area contributed by atoms with Crippen LogP contribution in [0.2, 0.25) is 0 Å². The molecular weight excluding hydrogens is 380 g/mol. The number of fused-ring (bicyclic) bond motifs is 1. The van der Waals surface area contributed by atoms with E-state index in [-0.39, 0.29) is 13.2 Å². The number of aryl methyl sites for hydroxylation is 1. The number of aliphatic hydroxyl groups is 2. The Balaban J connectivity index is 1.52. The molecule has 0 spiro atoms. The minimum atomic E-state index is 0.248. The second kappa shape index (κ2) is 13.2. The third kappa shape index (κ3) is 7.61. The Morgan fingerprint density at radius 3 is 2.19 bits per heavy atom. The average molecular weight is 425 g/mol. The Hall–Kier alpha value is -1.38. The van der Waals surface area contributed by atoms with E-state index < -0.39 is 0 Å². The van der Waals surface area contributed by atoms with E-state index in [1.54, 1.807) is 0 Å². The van der Waals surface area contributed by atoms with Crippen LogP contribution in [0.25, 0.3) is 10.8 Å². The van der Waals surface area contributed by atoms with Crippen molar-refractivity contribution in [3.8, 4) is 0 Å². The van der Waals surface area contributed by atoms with Crippen molar-refractivity contribution in [1.29, 1.82) is 0 Å². The zero-order valence-electron chi connectivity index (χ0n) is 19.7. The van der Waals surface area contributed by atoms with E-state index in [9.17, 15) is 10.2 Å². The average Bonchev–Trinajstić information content (AvgIpc) is 2.79. The standard InChI is InChI=1S/C29H44O2/c1-2-3-4-5-6-7-23-10-13-29-22-28(15-14-27(29)21-23)26-11-8-24(9-12-26)20-25(16-18-30)17-19-31/h10,13-15,21-22,24-26,30-31H,2-9,11-12,16-20H2,1H3. The molecule has 1 saturated carbocycles. The van der Waals surface area contributed by atoms with Crippen molar-refractivity contribution in [3.63, 3.8) is 0 Å². The molecule has 0 aliphatic heterocycles. The number of unbranched alkanes of at least 4 members (excludes halogenated alkanes) is 4. The van der Waals surface area contributed by atoms with E-state index in [1.165, 1.54) is 92.5 Å². The first-order valence-corrected chi connectivity index (χ1v) is 13.0. The fourth-order valence-electron chi connectivity index (χ4n) is 5.60. The predicted octanol–water partition coefficient (Wildman–Crippen LogP) is 7.40. The molecule has 0 aromatic heterocycles. The summed E-state index contributed by atoms with van der Waals surface area (Å²) in [5, 5.41) is 21.3. The molecular formula is C29H44O2. The van der Waals surface area contributed by atoms with Gasteiger partial charge in [0.1, 0.15) is 0 Å². The summed E-state index contributed by atoms with van der Waals surface area (Å²) in [6.07, 6.45) is 15.9. The molecule has 0 saturated heterocycles. The van der Waals surface area contributed by atoms with Crippen molar-refractivity contribution in [2.24, 2.45) is 11.8 Å². The van der Waals surface area contributed by atoms with Crippen molar-refractivity contribution in [1.82, 2.24) is 0 Å². The molecule has 0 amide bonds. The number of aliphatic hydroxyl groups excluding tert-OH is 2. The van der Waals surface area contributed by atoms with Gasteiger partial charge in [0.15, 0.2) is 0 Å². The summed E-state index contributed by atoms with van der Waals surface area (Å²) in [6, 6.07) is 14.2. The SMILES string of the molecule is CCCCCCCc1ccc2cc(C3CCC(CC(CCO)CCO)CC3)ccc2c1. The molecule has 2 aromatic carbocycles. The minimum Gasteiger partial charge on any atom is -0.396 e. The molecule has 0 heterocycles. The number of hydrogen-bond acceptors (Lipinski definition) is 2. The third-order valence-corrected chi connectivity index (χ3v) is 7.56. The van der Waals surface area contributed by atoms with Crippen LogP contribution in [0.1, 0.15) is 101 Å². The maximum absolute atomic E-state index is 9.28. The van der Waals surface area contributed by atoms with Gasteiger partial charge in [-0.2, -0.15) is 0 Å². The molecule has 172 valence electrons. The maximum Gasteiger partial charge on any atom is 0.0433 e. The minimum absolute atomic E-state index is 0.248. The fraction of sp³-hybridized carbons (Fsp3) is 0.655. The Morgan fingerprint density at radius 2 is 1.48 bits per heavy atom. The molecule has 3 rings (SSSR count). The van der Waals surface area contributed by atoms with Crippen molar-refractivity contribution >= 4 is 10.8 Å². The third-order valence-electron chi connectivity index (χ3n) is 7.56. The van der Waals surface area contributed by atoms with Gasteiger partial charge in [-0.1, -0.05) is 69.0 Å². The molecule has 0 atom stereocenters. The van der Waals surface area contributed by atoms with Gasteiger partial charge in [0.2, 0.25) is 0 Å². The van der Waals surface area contributed by atoms with Crippen LogP contribution < -0.4 is 0 Å². The summed E-state index contributed by atoms with van der Waals surface area (Å²) in [4.78, 5) is 0. The van der Waals surface area contributed by atoms with E-state index in [0.717, 1.165) is 18.8 Å². The Morgan fingerprint density at radius 1 is 0.806 bits per heavy atom. The fourth-order valence-corrected chi connectivity index (χ4v) is 5.60. The Bertz CT molecular complexity index is 754. The van der Waals surface area contributed by atoms with E-state index >= 15 is 0 Å². The summed E-state index contributed by atoms with van der Waals surface area (Å²) in [6.45, 7) is 2.77. The summed E-state index contributed by atoms with van der Waals surface area (Å²) >= 11 is 0. The van der Waals surface area contributed by atoms with Gasteiger partial charge in [-0.15, -0.1) is 0 Å². The second-order valence-corrected chi connectivity index (χ2v) is 9.95. The van der Waals surface area contributed by atoms with E-state index in [2.05, 4.69) is 43.3 Å². The molecule has 2 aromatic rings. The van der Waals surface area contributed by atoms with Gasteiger partial charge in [-0.25, -0.2) is 0 Å². The number of benzene rings is 2. The lowest BCUT2D eigenvalue weighted by molar-refractivity contribution is 0.181. The quantitative estimate of drug-likeness (QED) is 0.329. The summed E-state index contributed by atoms with van der Waals surface area (Å²) < 4.78 is 0. The molecule has 2 nitrogen and oxygen atoms in total. The van der Waals surface area contributed by atoms with Crippen LogP contribution in [0.5, 0.6) is 0 Å². The predicted molar refractivity (Wildman–Crippen MR) is 133 cm³/mol. The largest absolute Gasteiger partial charge is 0.396 e. The molecule has 31 heavy (non-hydrogen) atoms. The van der Waals surface area contributed by atoms with E-state index in [1.807, 2.05) is 0 Å². The summed E-state index contributed by atoms with van der Waals surface area (Å²) in [5.41, 5.74) is 3.00. The molecule has 2 heteroatoms. The molecule has 1 aliphatic rings. The molecule has 1 fully saturated rings. The van der Waals surface area contributed by atoms with Gasteiger partial charge in [-0.3, -0.25) is 0 Å². The van der Waals surface area contributed by atoms with Crippen LogP contribution in [-0.4, -0.2) is 23.4 Å². The van der Waals surface area contributed by atoms with E-state index in [0.29, 0.717) is 11.8 Å². The highest BCUT2D eigenvalue weighted by Crippen LogP contribution is 2.39. The van der Waals surface area contributed by atoms with Crippen molar-refractivity contribution in [2.75, 3.05) is 13.2 Å². The molecule has 1 aliphatic carbocycles. The highest BCUT2D eigenvalue weighted by Gasteiger charge is 2.24. The normalized spacial score (nSPS) is 19.4. The first-order valence-electron chi connectivity index (χ1n) is 13.0. The van der Waals surface area contributed by atoms with Crippen molar-refractivity contribution in [2.45, 2.75) is 96.3 Å². The highest BCUT2D eigenvalue weighted by molar-refractivity contribution is 5.84.